The molecule has 1 atom stereocenters. The number of hydroxylamine groups is 1. The highest BCUT2D eigenvalue weighted by molar-refractivity contribution is 7.80. The highest BCUT2D eigenvalue weighted by Crippen LogP contribution is 2.04. The lowest BCUT2D eigenvalue weighted by atomic mass is 10.1. The number of nitrogens with zero attached hydrogens (tertiary/aromatic N) is 1. The molecule has 0 radical (unpaired) electrons. The molecule has 1 aromatic carbocycles. The monoisotopic (exact) mass is 333 g/mol. The van der Waals surface area contributed by atoms with Crippen molar-refractivity contribution in [2.24, 2.45) is 5.73 Å². The van der Waals surface area contributed by atoms with Crippen molar-refractivity contribution in [1.29, 1.82) is 0 Å². The van der Waals surface area contributed by atoms with Crippen molar-refractivity contribution in [3.05, 3.63) is 54.1 Å². The molecule has 0 aliphatic heterocycles. The molecule has 1 aromatic heterocycles. The predicted molar refractivity (Wildman–Crippen MR) is 86.0 cm³/mol. The number of hydrogen-bond donors (Lipinski definition) is 4. The first-order valence-corrected chi connectivity index (χ1v) is 7.06. The molecule has 5 N–H and O–H groups in total. The van der Waals surface area contributed by atoms with Crippen LogP contribution in [0.25, 0.3) is 0 Å². The molecule has 0 fully saturated rings. The van der Waals surface area contributed by atoms with Crippen LogP contribution < -0.4 is 16.5 Å². The average molecular weight is 333 g/mol. The number of nitrogens with one attached hydrogen (secondary N) is 3. The van der Waals surface area contributed by atoms with Crippen molar-refractivity contribution in [3.8, 4) is 0 Å². The number of rotatable bonds is 5. The first-order valence-electron chi connectivity index (χ1n) is 6.65. The van der Waals surface area contributed by atoms with Crippen molar-refractivity contribution in [2.45, 2.75) is 12.5 Å². The van der Waals surface area contributed by atoms with Crippen molar-refractivity contribution < 1.29 is 14.4 Å². The van der Waals surface area contributed by atoms with Crippen LogP contribution in [-0.4, -0.2) is 33.0 Å². The fourth-order valence-electron chi connectivity index (χ4n) is 1.81. The molecule has 1 heterocycles. The van der Waals surface area contributed by atoms with Crippen LogP contribution in [0.5, 0.6) is 0 Å². The number of imidazole rings is 1. The minimum atomic E-state index is -0.940. The Morgan fingerprint density at radius 1 is 1.35 bits per heavy atom. The van der Waals surface area contributed by atoms with E-state index in [9.17, 15) is 9.59 Å². The van der Waals surface area contributed by atoms with E-state index in [0.717, 1.165) is 0 Å². The maximum Gasteiger partial charge on any atom is 0.354 e. The number of aromatic nitrogens is 2. The first kappa shape index (κ1) is 16.4. The minimum absolute atomic E-state index is 0.177. The van der Waals surface area contributed by atoms with Gasteiger partial charge in [-0.1, -0.05) is 18.2 Å². The number of carbonyl (C=O) groups is 2. The second-order valence-corrected chi connectivity index (χ2v) is 5.00. The standard InChI is InChI=1S/C14H15N5O3S/c15-14(23)19-22-13(21)11(6-10-7-16-8-17-10)18-12(20)9-4-2-1-3-5-9/h1-5,7-8,11H,6H2,(H,16,17)(H,18,20)(H3,15,19,23)/t11-/m0/s1. The number of aromatic amines is 1. The third kappa shape index (κ3) is 5.08. The second-order valence-electron chi connectivity index (χ2n) is 4.56. The lowest BCUT2D eigenvalue weighted by Gasteiger charge is -2.16. The first-order chi connectivity index (χ1) is 11.1. The summed E-state index contributed by atoms with van der Waals surface area (Å²) in [4.78, 5) is 35.8. The number of thiocarbonyl (C=S) groups is 1. The number of benzene rings is 1. The highest BCUT2D eigenvalue weighted by Gasteiger charge is 2.24. The van der Waals surface area contributed by atoms with E-state index in [1.54, 1.807) is 36.5 Å². The van der Waals surface area contributed by atoms with Crippen LogP contribution in [0.4, 0.5) is 0 Å². The second kappa shape index (κ2) is 7.90. The fraction of sp³-hybridized carbons (Fsp3) is 0.143. The molecule has 1 amide bonds. The maximum absolute atomic E-state index is 12.2. The number of carbonyl (C=O) groups excluding carboxylic acids is 2. The van der Waals surface area contributed by atoms with Gasteiger partial charge in [0.2, 0.25) is 0 Å². The van der Waals surface area contributed by atoms with Crippen molar-refractivity contribution in [3.63, 3.8) is 0 Å². The maximum atomic E-state index is 12.2. The van der Waals surface area contributed by atoms with Gasteiger partial charge in [-0.05, 0) is 24.4 Å². The SMILES string of the molecule is NC(=S)NOC(=O)[C@H](Cc1cnc[nH]1)NC(=O)c1ccccc1. The van der Waals surface area contributed by atoms with Crippen molar-refractivity contribution in [2.75, 3.05) is 0 Å². The Hall–Kier alpha value is -2.94. The molecular formula is C14H15N5O3S. The Kier molecular flexibility index (Phi) is 5.64. The molecular weight excluding hydrogens is 318 g/mol. The van der Waals surface area contributed by atoms with Crippen LogP contribution in [0, 0.1) is 0 Å². The molecule has 0 saturated heterocycles. The quantitative estimate of drug-likeness (QED) is 0.450. The predicted octanol–water partition coefficient (Wildman–Crippen LogP) is 0.0422. The molecule has 0 unspecified atom stereocenters. The molecule has 0 aliphatic carbocycles. The molecule has 0 spiro atoms. The molecule has 120 valence electrons. The zero-order valence-corrected chi connectivity index (χ0v) is 12.8. The summed E-state index contributed by atoms with van der Waals surface area (Å²) in [5.74, 6) is -1.13. The zero-order valence-electron chi connectivity index (χ0n) is 12.0. The molecule has 0 saturated carbocycles. The third-order valence-corrected chi connectivity index (χ3v) is 2.94. The normalized spacial score (nSPS) is 11.3. The van der Waals surface area contributed by atoms with E-state index in [-0.39, 0.29) is 11.5 Å². The molecule has 2 rings (SSSR count). The topological polar surface area (TPSA) is 122 Å². The van der Waals surface area contributed by atoms with Crippen molar-refractivity contribution in [1.82, 2.24) is 20.8 Å². The van der Waals surface area contributed by atoms with E-state index in [2.05, 4.69) is 33.0 Å². The highest BCUT2D eigenvalue weighted by atomic mass is 32.1. The number of hydrogen-bond acceptors (Lipinski definition) is 5. The minimum Gasteiger partial charge on any atom is -0.374 e. The Morgan fingerprint density at radius 3 is 2.70 bits per heavy atom. The van der Waals surface area contributed by atoms with E-state index in [0.29, 0.717) is 11.3 Å². The van der Waals surface area contributed by atoms with E-state index < -0.39 is 17.9 Å². The van der Waals surface area contributed by atoms with Crippen LogP contribution in [0.1, 0.15) is 16.1 Å². The molecule has 2 aromatic rings. The third-order valence-electron chi connectivity index (χ3n) is 2.86. The lowest BCUT2D eigenvalue weighted by molar-refractivity contribution is -0.150. The Balaban J connectivity index is 2.07. The molecule has 8 nitrogen and oxygen atoms in total. The van der Waals surface area contributed by atoms with E-state index in [1.165, 1.54) is 6.33 Å². The molecule has 0 aliphatic rings. The number of nitrogens with two attached hydrogens (primary N) is 1. The smallest absolute Gasteiger partial charge is 0.354 e. The number of H-pyrrole nitrogens is 1. The molecule has 9 heteroatoms. The summed E-state index contributed by atoms with van der Waals surface area (Å²) in [6.07, 6.45) is 3.20. The van der Waals surface area contributed by atoms with Gasteiger partial charge in [0.15, 0.2) is 5.11 Å². The molecule has 23 heavy (non-hydrogen) atoms. The zero-order chi connectivity index (χ0) is 16.7. The van der Waals surface area contributed by atoms with Crippen LogP contribution in [0.15, 0.2) is 42.9 Å². The van der Waals surface area contributed by atoms with Crippen LogP contribution >= 0.6 is 12.2 Å². The summed E-state index contributed by atoms with van der Waals surface area (Å²) in [7, 11) is 0. The van der Waals surface area contributed by atoms with Gasteiger partial charge >= 0.3 is 5.97 Å². The summed E-state index contributed by atoms with van der Waals surface area (Å²) in [6.45, 7) is 0. The Labute approximate surface area is 137 Å². The average Bonchev–Trinajstić information content (AvgIpc) is 3.05. The fourth-order valence-corrected chi connectivity index (χ4v) is 1.85. The van der Waals surface area contributed by atoms with Gasteiger partial charge in [0.25, 0.3) is 5.91 Å². The van der Waals surface area contributed by atoms with Gasteiger partial charge in [0.1, 0.15) is 6.04 Å². The summed E-state index contributed by atoms with van der Waals surface area (Å²) in [5, 5.41) is 2.42. The Morgan fingerprint density at radius 2 is 2.09 bits per heavy atom. The Bertz CT molecular complexity index is 675. The summed E-state index contributed by atoms with van der Waals surface area (Å²) in [5.41, 5.74) is 8.40. The van der Waals surface area contributed by atoms with Gasteiger partial charge in [-0.3, -0.25) is 4.79 Å². The summed E-state index contributed by atoms with van der Waals surface area (Å²) in [6, 6.07) is 7.59. The van der Waals surface area contributed by atoms with Gasteiger partial charge in [0, 0.05) is 23.9 Å². The van der Waals surface area contributed by atoms with E-state index in [4.69, 9.17) is 10.6 Å². The van der Waals surface area contributed by atoms with Gasteiger partial charge < -0.3 is 20.9 Å². The van der Waals surface area contributed by atoms with Gasteiger partial charge in [-0.15, -0.1) is 0 Å². The largest absolute Gasteiger partial charge is 0.374 e. The lowest BCUT2D eigenvalue weighted by Crippen LogP contribution is -2.46. The van der Waals surface area contributed by atoms with E-state index in [1.807, 2.05) is 0 Å². The van der Waals surface area contributed by atoms with Gasteiger partial charge in [-0.2, -0.15) is 5.48 Å². The van der Waals surface area contributed by atoms with Crippen LogP contribution in [0.3, 0.4) is 0 Å². The van der Waals surface area contributed by atoms with Gasteiger partial charge in [0.05, 0.1) is 6.33 Å². The van der Waals surface area contributed by atoms with Gasteiger partial charge in [-0.25, -0.2) is 9.78 Å². The van der Waals surface area contributed by atoms with Crippen LogP contribution in [0.2, 0.25) is 0 Å². The number of amides is 1. The van der Waals surface area contributed by atoms with E-state index >= 15 is 0 Å². The van der Waals surface area contributed by atoms with Crippen LogP contribution in [-0.2, 0) is 16.1 Å². The molecule has 0 bridgehead atoms. The summed E-state index contributed by atoms with van der Waals surface area (Å²) >= 11 is 4.57. The van der Waals surface area contributed by atoms with Crippen molar-refractivity contribution >= 4 is 29.2 Å². The summed E-state index contributed by atoms with van der Waals surface area (Å²) < 4.78 is 0.